The Morgan fingerprint density at radius 1 is 1.09 bits per heavy atom. The second-order valence-electron chi connectivity index (χ2n) is 6.69. The summed E-state index contributed by atoms with van der Waals surface area (Å²) < 4.78 is 15.5. The molecule has 2 amide bonds. The third-order valence-corrected chi connectivity index (χ3v) is 6.43. The highest BCUT2D eigenvalue weighted by Crippen LogP contribution is 2.24. The highest BCUT2D eigenvalue weighted by atomic mass is 35.5. The molecule has 0 radical (unpaired) electrons. The maximum atomic E-state index is 13.8. The molecular weight excluding hydrogens is 485 g/mol. The Kier molecular flexibility index (Phi) is 7.38. The molecule has 0 aliphatic heterocycles. The van der Waals surface area contributed by atoms with E-state index < -0.39 is 11.7 Å². The number of anilines is 1. The Labute approximate surface area is 202 Å². The molecule has 0 saturated carbocycles. The summed E-state index contributed by atoms with van der Waals surface area (Å²) >= 11 is 8.64. The van der Waals surface area contributed by atoms with E-state index in [0.29, 0.717) is 26.6 Å². The number of nitrogens with one attached hydrogen (secondary N) is 2. The van der Waals surface area contributed by atoms with Gasteiger partial charge in [-0.1, -0.05) is 47.6 Å². The number of hydrogen-bond donors (Lipinski definition) is 2. The smallest absolute Gasteiger partial charge is 0.261 e. The van der Waals surface area contributed by atoms with Gasteiger partial charge >= 0.3 is 0 Å². The van der Waals surface area contributed by atoms with Crippen molar-refractivity contribution >= 4 is 52.2 Å². The lowest BCUT2D eigenvalue weighted by molar-refractivity contribution is -0.113. The van der Waals surface area contributed by atoms with Crippen LogP contribution >= 0.6 is 34.7 Å². The van der Waals surface area contributed by atoms with Crippen LogP contribution < -0.4 is 10.6 Å². The van der Waals surface area contributed by atoms with E-state index in [-0.39, 0.29) is 23.9 Å². The van der Waals surface area contributed by atoms with E-state index in [4.69, 9.17) is 11.6 Å². The van der Waals surface area contributed by atoms with Crippen LogP contribution in [0.15, 0.2) is 71.2 Å². The van der Waals surface area contributed by atoms with Gasteiger partial charge in [-0.3, -0.25) is 14.2 Å². The highest BCUT2D eigenvalue weighted by Gasteiger charge is 2.18. The van der Waals surface area contributed by atoms with Gasteiger partial charge in [0.05, 0.1) is 28.5 Å². The first-order valence-electron chi connectivity index (χ1n) is 9.70. The topological polar surface area (TPSA) is 88.9 Å². The van der Waals surface area contributed by atoms with Crippen LogP contribution in [0.4, 0.5) is 10.1 Å². The molecule has 0 aliphatic rings. The number of carbonyl (C=O) groups is 2. The van der Waals surface area contributed by atoms with Crippen molar-refractivity contribution in [3.63, 3.8) is 0 Å². The molecule has 2 N–H and O–H groups in total. The molecule has 0 atom stereocenters. The van der Waals surface area contributed by atoms with Crippen molar-refractivity contribution in [2.24, 2.45) is 0 Å². The van der Waals surface area contributed by atoms with Crippen molar-refractivity contribution in [2.45, 2.75) is 11.7 Å². The number of amides is 2. The Balaban J connectivity index is 1.51. The lowest BCUT2D eigenvalue weighted by atomic mass is 10.3. The third-order valence-electron chi connectivity index (χ3n) is 4.40. The Bertz CT molecular complexity index is 1280. The second-order valence-corrected chi connectivity index (χ2v) is 9.02. The minimum absolute atomic E-state index is 0.0193. The minimum Gasteiger partial charge on any atom is -0.344 e. The molecule has 0 fully saturated rings. The van der Waals surface area contributed by atoms with Crippen molar-refractivity contribution in [2.75, 3.05) is 11.1 Å². The lowest BCUT2D eigenvalue weighted by Gasteiger charge is -2.11. The Morgan fingerprint density at radius 3 is 2.70 bits per heavy atom. The standard InChI is InChI=1S/C22H17ClFN5O2S2/c23-14-5-3-6-15(11-14)29-19(12-25-21(31)18-9-4-10-32-18)27-28-22(29)33-13-20(30)26-17-8-2-1-7-16(17)24/h1-11H,12-13H2,(H,25,31)(H,26,30). The van der Waals surface area contributed by atoms with E-state index >= 15 is 0 Å². The lowest BCUT2D eigenvalue weighted by Crippen LogP contribution is -2.24. The number of carbonyl (C=O) groups excluding carboxylic acids is 2. The number of thiophene rings is 1. The maximum Gasteiger partial charge on any atom is 0.261 e. The quantitative estimate of drug-likeness (QED) is 0.339. The largest absolute Gasteiger partial charge is 0.344 e. The van der Waals surface area contributed by atoms with Crippen molar-refractivity contribution in [3.05, 3.63) is 87.6 Å². The Morgan fingerprint density at radius 2 is 1.94 bits per heavy atom. The summed E-state index contributed by atoms with van der Waals surface area (Å²) in [6.07, 6.45) is 0. The van der Waals surface area contributed by atoms with Crippen LogP contribution in [0.5, 0.6) is 0 Å². The number of halogens is 2. The van der Waals surface area contributed by atoms with Gasteiger partial charge in [-0.05, 0) is 41.8 Å². The maximum absolute atomic E-state index is 13.8. The van der Waals surface area contributed by atoms with Crippen LogP contribution in [0.25, 0.3) is 5.69 Å². The number of para-hydroxylation sites is 1. The zero-order valence-electron chi connectivity index (χ0n) is 17.0. The van der Waals surface area contributed by atoms with Crippen LogP contribution in [0.2, 0.25) is 5.02 Å². The van der Waals surface area contributed by atoms with Crippen LogP contribution in [0, 0.1) is 5.82 Å². The molecule has 0 unspecified atom stereocenters. The summed E-state index contributed by atoms with van der Waals surface area (Å²) in [6.45, 7) is 0.123. The fraction of sp³-hybridized carbons (Fsp3) is 0.0909. The van der Waals surface area contributed by atoms with Crippen LogP contribution in [-0.4, -0.2) is 32.3 Å². The van der Waals surface area contributed by atoms with Crippen molar-refractivity contribution < 1.29 is 14.0 Å². The highest BCUT2D eigenvalue weighted by molar-refractivity contribution is 7.99. The normalized spacial score (nSPS) is 10.7. The molecule has 0 saturated heterocycles. The molecule has 2 heterocycles. The van der Waals surface area contributed by atoms with Crippen molar-refractivity contribution in [1.29, 1.82) is 0 Å². The summed E-state index contributed by atoms with van der Waals surface area (Å²) in [6, 6.07) is 16.6. The van der Waals surface area contributed by atoms with Crippen LogP contribution in [0.3, 0.4) is 0 Å². The predicted octanol–water partition coefficient (Wildman–Crippen LogP) is 4.78. The van der Waals surface area contributed by atoms with Gasteiger partial charge in [0.2, 0.25) is 5.91 Å². The molecule has 2 aromatic heterocycles. The van der Waals surface area contributed by atoms with E-state index in [0.717, 1.165) is 11.8 Å². The SMILES string of the molecule is O=C(CSc1nnc(CNC(=O)c2cccs2)n1-c1cccc(Cl)c1)Nc1ccccc1F. The molecule has 0 spiro atoms. The van der Waals surface area contributed by atoms with Gasteiger partial charge in [0.15, 0.2) is 11.0 Å². The summed E-state index contributed by atoms with van der Waals surface area (Å²) in [4.78, 5) is 25.3. The number of aromatic nitrogens is 3. The average molecular weight is 502 g/mol. The summed E-state index contributed by atoms with van der Waals surface area (Å²) in [5, 5.41) is 16.5. The minimum atomic E-state index is -0.512. The van der Waals surface area contributed by atoms with E-state index in [1.165, 1.54) is 23.5 Å². The fourth-order valence-corrected chi connectivity index (χ4v) is 4.51. The summed E-state index contributed by atoms with van der Waals surface area (Å²) in [5.74, 6) is -0.669. The molecule has 4 aromatic rings. The van der Waals surface area contributed by atoms with Gasteiger partial charge in [0.25, 0.3) is 5.91 Å². The monoisotopic (exact) mass is 501 g/mol. The number of thioether (sulfide) groups is 1. The first kappa shape index (κ1) is 23.0. The molecule has 0 bridgehead atoms. The number of nitrogens with zero attached hydrogens (tertiary/aromatic N) is 3. The molecule has 11 heteroatoms. The predicted molar refractivity (Wildman–Crippen MR) is 128 cm³/mol. The number of hydrogen-bond acceptors (Lipinski definition) is 6. The van der Waals surface area contributed by atoms with E-state index in [2.05, 4.69) is 20.8 Å². The molecule has 0 aliphatic carbocycles. The number of benzene rings is 2. The molecule has 7 nitrogen and oxygen atoms in total. The zero-order valence-corrected chi connectivity index (χ0v) is 19.4. The number of rotatable bonds is 8. The summed E-state index contributed by atoms with van der Waals surface area (Å²) in [5.41, 5.74) is 0.793. The molecule has 33 heavy (non-hydrogen) atoms. The van der Waals surface area contributed by atoms with E-state index in [1.807, 2.05) is 11.4 Å². The van der Waals surface area contributed by atoms with E-state index in [1.54, 1.807) is 47.0 Å². The van der Waals surface area contributed by atoms with Crippen LogP contribution in [0.1, 0.15) is 15.5 Å². The average Bonchev–Trinajstić information content (AvgIpc) is 3.48. The van der Waals surface area contributed by atoms with Crippen molar-refractivity contribution in [3.8, 4) is 5.69 Å². The van der Waals surface area contributed by atoms with Crippen LogP contribution in [-0.2, 0) is 11.3 Å². The molecular formula is C22H17ClFN5O2S2. The summed E-state index contributed by atoms with van der Waals surface area (Å²) in [7, 11) is 0. The van der Waals surface area contributed by atoms with Gasteiger partial charge in [0, 0.05) is 5.02 Å². The van der Waals surface area contributed by atoms with Gasteiger partial charge < -0.3 is 10.6 Å². The molecule has 4 rings (SSSR count). The van der Waals surface area contributed by atoms with Gasteiger partial charge in [0.1, 0.15) is 5.82 Å². The molecule has 168 valence electrons. The van der Waals surface area contributed by atoms with Gasteiger partial charge in [-0.2, -0.15) is 0 Å². The van der Waals surface area contributed by atoms with Gasteiger partial charge in [-0.15, -0.1) is 21.5 Å². The third kappa shape index (κ3) is 5.78. The zero-order chi connectivity index (χ0) is 23.2. The fourth-order valence-electron chi connectivity index (χ4n) is 2.92. The first-order chi connectivity index (χ1) is 16.0. The van der Waals surface area contributed by atoms with Gasteiger partial charge in [-0.25, -0.2) is 4.39 Å². The first-order valence-corrected chi connectivity index (χ1v) is 11.9. The molecule has 2 aromatic carbocycles. The van der Waals surface area contributed by atoms with Crippen molar-refractivity contribution in [1.82, 2.24) is 20.1 Å². The Hall–Kier alpha value is -3.21. The van der Waals surface area contributed by atoms with E-state index in [9.17, 15) is 14.0 Å². The second kappa shape index (κ2) is 10.6.